The van der Waals surface area contributed by atoms with Gasteiger partial charge in [0.2, 0.25) is 0 Å². The molecule has 2 aromatic carbocycles. The molecule has 0 fully saturated rings. The fourth-order valence-electron chi connectivity index (χ4n) is 3.16. The van der Waals surface area contributed by atoms with Crippen molar-refractivity contribution < 1.29 is 19.4 Å². The van der Waals surface area contributed by atoms with Gasteiger partial charge >= 0.3 is 12.0 Å². The quantitative estimate of drug-likeness (QED) is 0.821. The predicted octanol–water partition coefficient (Wildman–Crippen LogP) is 3.22. The number of rotatable bonds is 6. The molecule has 0 radical (unpaired) electrons. The van der Waals surface area contributed by atoms with Crippen LogP contribution < -0.4 is 10.1 Å². The molecule has 27 heavy (non-hydrogen) atoms. The number of aryl methyl sites for hydroxylation is 1. The Bertz CT molecular complexity index is 807. The normalized spacial score (nSPS) is 13.8. The van der Waals surface area contributed by atoms with Gasteiger partial charge in [-0.3, -0.25) is 4.79 Å². The van der Waals surface area contributed by atoms with Crippen molar-refractivity contribution in [2.24, 2.45) is 0 Å². The summed E-state index contributed by atoms with van der Waals surface area (Å²) in [4.78, 5) is 24.8. The van der Waals surface area contributed by atoms with E-state index in [-0.39, 0.29) is 25.0 Å². The number of carboxylic acids is 1. The van der Waals surface area contributed by atoms with E-state index in [0.29, 0.717) is 0 Å². The van der Waals surface area contributed by atoms with Crippen LogP contribution in [0.2, 0.25) is 0 Å². The van der Waals surface area contributed by atoms with Crippen molar-refractivity contribution in [3.05, 3.63) is 65.2 Å². The highest BCUT2D eigenvalue weighted by Gasteiger charge is 2.21. The van der Waals surface area contributed by atoms with Gasteiger partial charge in [-0.05, 0) is 41.7 Å². The largest absolute Gasteiger partial charge is 0.493 e. The molecule has 142 valence electrons. The first-order valence-corrected chi connectivity index (χ1v) is 9.08. The molecular weight excluding hydrogens is 344 g/mol. The average molecular weight is 368 g/mol. The molecule has 2 N–H and O–H groups in total. The molecule has 0 aliphatic carbocycles. The van der Waals surface area contributed by atoms with E-state index in [4.69, 9.17) is 9.84 Å². The van der Waals surface area contributed by atoms with Gasteiger partial charge in [0, 0.05) is 13.6 Å². The van der Waals surface area contributed by atoms with Crippen molar-refractivity contribution >= 4 is 12.0 Å². The SMILES string of the molecule is CN(CCC(=O)O)C(=O)NC(c1ccccc1)c1ccc2c(c1)CCCO2. The summed E-state index contributed by atoms with van der Waals surface area (Å²) in [6.45, 7) is 0.889. The lowest BCUT2D eigenvalue weighted by Crippen LogP contribution is -2.40. The van der Waals surface area contributed by atoms with Gasteiger partial charge in [0.1, 0.15) is 5.75 Å². The number of hydrogen-bond donors (Lipinski definition) is 2. The molecule has 3 rings (SSSR count). The highest BCUT2D eigenvalue weighted by Crippen LogP contribution is 2.30. The van der Waals surface area contributed by atoms with Crippen LogP contribution >= 0.6 is 0 Å². The van der Waals surface area contributed by atoms with E-state index in [0.717, 1.165) is 41.9 Å². The lowest BCUT2D eigenvalue weighted by Gasteiger charge is -2.26. The molecule has 2 amide bonds. The van der Waals surface area contributed by atoms with Crippen LogP contribution in [0.5, 0.6) is 5.75 Å². The first-order chi connectivity index (χ1) is 13.0. The standard InChI is InChI=1S/C21H24N2O4/c1-23(12-11-19(24)25)21(26)22-20(15-6-3-2-4-7-15)17-9-10-18-16(14-17)8-5-13-27-18/h2-4,6-7,9-10,14,20H,5,8,11-13H2,1H3,(H,22,26)(H,24,25). The fourth-order valence-corrected chi connectivity index (χ4v) is 3.16. The maximum absolute atomic E-state index is 12.6. The third-order valence-electron chi connectivity index (χ3n) is 4.67. The summed E-state index contributed by atoms with van der Waals surface area (Å²) in [5.74, 6) is -0.0225. The Morgan fingerprint density at radius 1 is 1.19 bits per heavy atom. The maximum atomic E-state index is 12.6. The number of nitrogens with one attached hydrogen (secondary N) is 1. The van der Waals surface area contributed by atoms with Crippen LogP contribution in [0.1, 0.15) is 35.6 Å². The van der Waals surface area contributed by atoms with Crippen molar-refractivity contribution in [3.8, 4) is 5.75 Å². The van der Waals surface area contributed by atoms with Crippen LogP contribution in [0.3, 0.4) is 0 Å². The number of ether oxygens (including phenoxy) is 1. The first-order valence-electron chi connectivity index (χ1n) is 9.08. The molecule has 1 aliphatic rings. The van der Waals surface area contributed by atoms with Gasteiger partial charge in [0.15, 0.2) is 0 Å². The second kappa shape index (κ2) is 8.58. The van der Waals surface area contributed by atoms with Gasteiger partial charge in [-0.15, -0.1) is 0 Å². The first kappa shape index (κ1) is 18.8. The molecule has 1 unspecified atom stereocenters. The number of aliphatic carboxylic acids is 1. The summed E-state index contributed by atoms with van der Waals surface area (Å²) < 4.78 is 5.69. The average Bonchev–Trinajstić information content (AvgIpc) is 2.70. The fraction of sp³-hybridized carbons (Fsp3) is 0.333. The zero-order valence-corrected chi connectivity index (χ0v) is 15.4. The Morgan fingerprint density at radius 2 is 1.96 bits per heavy atom. The zero-order chi connectivity index (χ0) is 19.2. The van der Waals surface area contributed by atoms with E-state index < -0.39 is 5.97 Å². The van der Waals surface area contributed by atoms with E-state index in [1.54, 1.807) is 7.05 Å². The third-order valence-corrected chi connectivity index (χ3v) is 4.67. The highest BCUT2D eigenvalue weighted by molar-refractivity contribution is 5.76. The number of carboxylic acid groups (broad SMARTS) is 1. The van der Waals surface area contributed by atoms with E-state index in [1.807, 2.05) is 42.5 Å². The number of fused-ring (bicyclic) bond motifs is 1. The molecule has 0 saturated heterocycles. The number of urea groups is 1. The van der Waals surface area contributed by atoms with Gasteiger partial charge in [-0.25, -0.2) is 4.79 Å². The Labute approximate surface area is 158 Å². The number of benzene rings is 2. The van der Waals surface area contributed by atoms with Crippen molar-refractivity contribution in [2.45, 2.75) is 25.3 Å². The summed E-state index contributed by atoms with van der Waals surface area (Å²) in [5.41, 5.74) is 3.09. The summed E-state index contributed by atoms with van der Waals surface area (Å²) >= 11 is 0. The summed E-state index contributed by atoms with van der Waals surface area (Å²) in [6.07, 6.45) is 1.85. The number of hydrogen-bond acceptors (Lipinski definition) is 3. The van der Waals surface area contributed by atoms with Crippen LogP contribution in [-0.4, -0.2) is 42.2 Å². The van der Waals surface area contributed by atoms with Crippen LogP contribution in [0.4, 0.5) is 4.79 Å². The Kier molecular flexibility index (Phi) is 5.96. The van der Waals surface area contributed by atoms with E-state index in [9.17, 15) is 9.59 Å². The van der Waals surface area contributed by atoms with E-state index in [2.05, 4.69) is 11.4 Å². The minimum atomic E-state index is -0.927. The second-order valence-electron chi connectivity index (χ2n) is 6.68. The van der Waals surface area contributed by atoms with Crippen LogP contribution in [0, 0.1) is 0 Å². The topological polar surface area (TPSA) is 78.9 Å². The van der Waals surface area contributed by atoms with Crippen molar-refractivity contribution in [3.63, 3.8) is 0 Å². The lowest BCUT2D eigenvalue weighted by molar-refractivity contribution is -0.137. The Hall–Kier alpha value is -3.02. The summed E-state index contributed by atoms with van der Waals surface area (Å²) in [7, 11) is 1.60. The predicted molar refractivity (Wildman–Crippen MR) is 102 cm³/mol. The molecule has 1 heterocycles. The molecule has 6 heteroatoms. The highest BCUT2D eigenvalue weighted by atomic mass is 16.5. The minimum Gasteiger partial charge on any atom is -0.493 e. The lowest BCUT2D eigenvalue weighted by atomic mass is 9.95. The summed E-state index contributed by atoms with van der Waals surface area (Å²) in [5, 5.41) is 11.9. The number of carbonyl (C=O) groups is 2. The van der Waals surface area contributed by atoms with E-state index in [1.165, 1.54) is 4.90 Å². The number of carbonyl (C=O) groups excluding carboxylic acids is 1. The number of amides is 2. The summed E-state index contributed by atoms with van der Waals surface area (Å²) in [6, 6.07) is 15.1. The molecule has 0 aromatic heterocycles. The molecule has 0 spiro atoms. The molecule has 2 aromatic rings. The Morgan fingerprint density at radius 3 is 2.70 bits per heavy atom. The molecule has 1 atom stereocenters. The van der Waals surface area contributed by atoms with Gasteiger partial charge in [-0.1, -0.05) is 36.4 Å². The van der Waals surface area contributed by atoms with Gasteiger partial charge in [-0.2, -0.15) is 0 Å². The zero-order valence-electron chi connectivity index (χ0n) is 15.4. The molecule has 0 bridgehead atoms. The van der Waals surface area contributed by atoms with E-state index >= 15 is 0 Å². The molecule has 1 aliphatic heterocycles. The molecular formula is C21H24N2O4. The minimum absolute atomic E-state index is 0.0872. The van der Waals surface area contributed by atoms with Crippen molar-refractivity contribution in [2.75, 3.05) is 20.2 Å². The smallest absolute Gasteiger partial charge is 0.317 e. The monoisotopic (exact) mass is 368 g/mol. The molecule has 0 saturated carbocycles. The maximum Gasteiger partial charge on any atom is 0.317 e. The van der Waals surface area contributed by atoms with Gasteiger partial charge in [0.25, 0.3) is 0 Å². The second-order valence-corrected chi connectivity index (χ2v) is 6.68. The van der Waals surface area contributed by atoms with Crippen molar-refractivity contribution in [1.29, 1.82) is 0 Å². The van der Waals surface area contributed by atoms with Crippen LogP contribution in [0.15, 0.2) is 48.5 Å². The van der Waals surface area contributed by atoms with Gasteiger partial charge in [0.05, 0.1) is 19.1 Å². The Balaban J connectivity index is 1.84. The number of nitrogens with zero attached hydrogens (tertiary/aromatic N) is 1. The molecule has 6 nitrogen and oxygen atoms in total. The third kappa shape index (κ3) is 4.78. The van der Waals surface area contributed by atoms with Crippen LogP contribution in [0.25, 0.3) is 0 Å². The van der Waals surface area contributed by atoms with Crippen LogP contribution in [-0.2, 0) is 11.2 Å². The van der Waals surface area contributed by atoms with Crippen molar-refractivity contribution in [1.82, 2.24) is 10.2 Å². The van der Waals surface area contributed by atoms with Gasteiger partial charge < -0.3 is 20.1 Å².